The van der Waals surface area contributed by atoms with Crippen LogP contribution in [0.25, 0.3) is 10.8 Å². The molecule has 2 aromatic carbocycles. The fraction of sp³-hybridized carbons (Fsp3) is 0.316. The van der Waals surface area contributed by atoms with Crippen molar-refractivity contribution in [2.24, 2.45) is 0 Å². The standard InChI is InChI=1S/C19H24N6/c1-24(2)19-22-17(21-18(20)23-19)13-25(3)12-11-15-9-6-8-14-7-4-5-10-16(14)15/h4-10H,11-13H2,1-3H3,(H2,20,21,22,23). The number of nitrogens with zero attached hydrogens (tertiary/aromatic N) is 5. The molecule has 0 aliphatic carbocycles. The van der Waals surface area contributed by atoms with Gasteiger partial charge in [0.1, 0.15) is 5.82 Å². The molecule has 0 saturated heterocycles. The highest BCUT2D eigenvalue weighted by atomic mass is 15.3. The van der Waals surface area contributed by atoms with Crippen LogP contribution in [-0.2, 0) is 13.0 Å². The zero-order valence-electron chi connectivity index (χ0n) is 15.0. The molecular weight excluding hydrogens is 312 g/mol. The van der Waals surface area contributed by atoms with Gasteiger partial charge in [-0.25, -0.2) is 0 Å². The molecule has 0 aliphatic rings. The second-order valence-corrected chi connectivity index (χ2v) is 6.43. The highest BCUT2D eigenvalue weighted by molar-refractivity contribution is 5.85. The number of nitrogens with two attached hydrogens (primary N) is 1. The van der Waals surface area contributed by atoms with Crippen LogP contribution in [0.3, 0.4) is 0 Å². The van der Waals surface area contributed by atoms with E-state index in [4.69, 9.17) is 5.73 Å². The molecule has 0 amide bonds. The Kier molecular flexibility index (Phi) is 5.09. The third-order valence-corrected chi connectivity index (χ3v) is 4.14. The first-order valence-electron chi connectivity index (χ1n) is 8.36. The summed E-state index contributed by atoms with van der Waals surface area (Å²) in [4.78, 5) is 16.9. The summed E-state index contributed by atoms with van der Waals surface area (Å²) in [7, 11) is 5.85. The van der Waals surface area contributed by atoms with Gasteiger partial charge in [-0.1, -0.05) is 42.5 Å². The average molecular weight is 336 g/mol. The Morgan fingerprint density at radius 3 is 2.48 bits per heavy atom. The number of benzene rings is 2. The lowest BCUT2D eigenvalue weighted by Gasteiger charge is -2.17. The average Bonchev–Trinajstić information content (AvgIpc) is 2.59. The predicted octanol–water partition coefficient (Wildman–Crippen LogP) is 2.35. The molecule has 0 fully saturated rings. The van der Waals surface area contributed by atoms with E-state index in [1.54, 1.807) is 0 Å². The number of likely N-dealkylation sites (N-methyl/N-ethyl adjacent to an activating group) is 1. The number of rotatable bonds is 6. The number of hydrogen-bond acceptors (Lipinski definition) is 6. The Balaban J connectivity index is 1.68. The summed E-state index contributed by atoms with van der Waals surface area (Å²) >= 11 is 0. The number of aromatic nitrogens is 3. The largest absolute Gasteiger partial charge is 0.368 e. The second kappa shape index (κ2) is 7.44. The molecule has 0 atom stereocenters. The molecule has 3 rings (SSSR count). The quantitative estimate of drug-likeness (QED) is 0.745. The monoisotopic (exact) mass is 336 g/mol. The molecular formula is C19H24N6. The van der Waals surface area contributed by atoms with Crippen molar-refractivity contribution in [1.82, 2.24) is 19.9 Å². The van der Waals surface area contributed by atoms with Crippen molar-refractivity contribution in [2.45, 2.75) is 13.0 Å². The van der Waals surface area contributed by atoms with E-state index in [1.807, 2.05) is 19.0 Å². The topological polar surface area (TPSA) is 71.2 Å². The first kappa shape index (κ1) is 17.1. The van der Waals surface area contributed by atoms with E-state index in [0.717, 1.165) is 13.0 Å². The minimum Gasteiger partial charge on any atom is -0.368 e. The predicted molar refractivity (Wildman–Crippen MR) is 103 cm³/mol. The fourth-order valence-electron chi connectivity index (χ4n) is 2.84. The number of fused-ring (bicyclic) bond motifs is 1. The molecule has 1 aromatic heterocycles. The van der Waals surface area contributed by atoms with Crippen molar-refractivity contribution < 1.29 is 0 Å². The summed E-state index contributed by atoms with van der Waals surface area (Å²) in [6.07, 6.45) is 0.971. The SMILES string of the molecule is CN(CCc1cccc2ccccc12)Cc1nc(N)nc(N(C)C)n1. The van der Waals surface area contributed by atoms with Gasteiger partial charge in [-0.15, -0.1) is 0 Å². The van der Waals surface area contributed by atoms with Crippen molar-refractivity contribution >= 4 is 22.7 Å². The summed E-state index contributed by atoms with van der Waals surface area (Å²) < 4.78 is 0. The molecule has 0 bridgehead atoms. The van der Waals surface area contributed by atoms with E-state index in [9.17, 15) is 0 Å². The third-order valence-electron chi connectivity index (χ3n) is 4.14. The van der Waals surface area contributed by atoms with E-state index in [2.05, 4.69) is 69.4 Å². The molecule has 25 heavy (non-hydrogen) atoms. The van der Waals surface area contributed by atoms with Gasteiger partial charge in [0.2, 0.25) is 11.9 Å². The number of nitrogen functional groups attached to an aromatic ring is 1. The van der Waals surface area contributed by atoms with Gasteiger partial charge in [0.15, 0.2) is 0 Å². The molecule has 0 unspecified atom stereocenters. The third kappa shape index (κ3) is 4.22. The first-order chi connectivity index (χ1) is 12.0. The molecule has 0 spiro atoms. The van der Waals surface area contributed by atoms with Crippen LogP contribution in [0.15, 0.2) is 42.5 Å². The molecule has 0 aliphatic heterocycles. The van der Waals surface area contributed by atoms with Crippen LogP contribution in [0, 0.1) is 0 Å². The molecule has 6 heteroatoms. The van der Waals surface area contributed by atoms with Gasteiger partial charge in [-0.3, -0.25) is 4.90 Å². The maximum absolute atomic E-state index is 5.79. The van der Waals surface area contributed by atoms with Crippen LogP contribution >= 0.6 is 0 Å². The molecule has 1 heterocycles. The fourth-order valence-corrected chi connectivity index (χ4v) is 2.84. The van der Waals surface area contributed by atoms with Crippen molar-refractivity contribution in [2.75, 3.05) is 38.3 Å². The zero-order valence-corrected chi connectivity index (χ0v) is 15.0. The van der Waals surface area contributed by atoms with Crippen molar-refractivity contribution in [3.63, 3.8) is 0 Å². The van der Waals surface area contributed by atoms with Crippen LogP contribution in [0.2, 0.25) is 0 Å². The lowest BCUT2D eigenvalue weighted by Crippen LogP contribution is -2.24. The van der Waals surface area contributed by atoms with Crippen molar-refractivity contribution in [3.8, 4) is 0 Å². The van der Waals surface area contributed by atoms with Crippen LogP contribution in [0.5, 0.6) is 0 Å². The minimum atomic E-state index is 0.260. The maximum Gasteiger partial charge on any atom is 0.229 e. The minimum absolute atomic E-state index is 0.260. The van der Waals surface area contributed by atoms with Gasteiger partial charge >= 0.3 is 0 Å². The van der Waals surface area contributed by atoms with Gasteiger partial charge in [-0.05, 0) is 29.8 Å². The van der Waals surface area contributed by atoms with E-state index in [-0.39, 0.29) is 5.95 Å². The molecule has 0 radical (unpaired) electrons. The summed E-state index contributed by atoms with van der Waals surface area (Å²) in [5.41, 5.74) is 7.15. The second-order valence-electron chi connectivity index (χ2n) is 6.43. The summed E-state index contributed by atoms with van der Waals surface area (Å²) in [6, 6.07) is 15.0. The van der Waals surface area contributed by atoms with E-state index in [1.165, 1.54) is 16.3 Å². The van der Waals surface area contributed by atoms with Gasteiger partial charge in [0, 0.05) is 20.6 Å². The molecule has 130 valence electrons. The van der Waals surface area contributed by atoms with Gasteiger partial charge in [0.05, 0.1) is 6.54 Å². The lowest BCUT2D eigenvalue weighted by atomic mass is 10.0. The molecule has 2 N–H and O–H groups in total. The lowest BCUT2D eigenvalue weighted by molar-refractivity contribution is 0.322. The Morgan fingerprint density at radius 1 is 0.920 bits per heavy atom. The zero-order chi connectivity index (χ0) is 17.8. The summed E-state index contributed by atoms with van der Waals surface area (Å²) in [6.45, 7) is 1.55. The van der Waals surface area contributed by atoms with Crippen LogP contribution < -0.4 is 10.6 Å². The Hall–Kier alpha value is -2.73. The Morgan fingerprint density at radius 2 is 1.68 bits per heavy atom. The maximum atomic E-state index is 5.79. The molecule has 0 saturated carbocycles. The van der Waals surface area contributed by atoms with E-state index in [0.29, 0.717) is 18.3 Å². The highest BCUT2D eigenvalue weighted by Crippen LogP contribution is 2.19. The highest BCUT2D eigenvalue weighted by Gasteiger charge is 2.09. The summed E-state index contributed by atoms with van der Waals surface area (Å²) in [5, 5.41) is 2.60. The summed E-state index contributed by atoms with van der Waals surface area (Å²) in [5.74, 6) is 1.54. The van der Waals surface area contributed by atoms with Crippen LogP contribution in [-0.4, -0.2) is 47.5 Å². The van der Waals surface area contributed by atoms with Gasteiger partial charge in [-0.2, -0.15) is 15.0 Å². The van der Waals surface area contributed by atoms with E-state index >= 15 is 0 Å². The van der Waals surface area contributed by atoms with Gasteiger partial charge in [0.25, 0.3) is 0 Å². The number of anilines is 2. The number of hydrogen-bond donors (Lipinski definition) is 1. The van der Waals surface area contributed by atoms with E-state index < -0.39 is 0 Å². The normalized spacial score (nSPS) is 11.2. The van der Waals surface area contributed by atoms with Crippen molar-refractivity contribution in [1.29, 1.82) is 0 Å². The Labute approximate surface area is 148 Å². The van der Waals surface area contributed by atoms with Crippen LogP contribution in [0.4, 0.5) is 11.9 Å². The molecule has 6 nitrogen and oxygen atoms in total. The molecule has 3 aromatic rings. The Bertz CT molecular complexity index is 856. The van der Waals surface area contributed by atoms with Gasteiger partial charge < -0.3 is 10.6 Å². The van der Waals surface area contributed by atoms with Crippen molar-refractivity contribution in [3.05, 3.63) is 53.9 Å². The first-order valence-corrected chi connectivity index (χ1v) is 8.36. The smallest absolute Gasteiger partial charge is 0.229 e. The van der Waals surface area contributed by atoms with Crippen LogP contribution in [0.1, 0.15) is 11.4 Å².